The molecule has 1 N–H and O–H groups in total. The highest BCUT2D eigenvalue weighted by atomic mass is 35.5. The van der Waals surface area contributed by atoms with Crippen LogP contribution in [0.3, 0.4) is 0 Å². The van der Waals surface area contributed by atoms with Gasteiger partial charge in [0.05, 0.1) is 13.7 Å². The third kappa shape index (κ3) is 5.51. The second kappa shape index (κ2) is 9.31. The first-order chi connectivity index (χ1) is 13.0. The molecule has 1 amide bonds. The Morgan fingerprint density at radius 2 is 1.78 bits per heavy atom. The van der Waals surface area contributed by atoms with Gasteiger partial charge in [-0.1, -0.05) is 29.3 Å². The van der Waals surface area contributed by atoms with Crippen LogP contribution in [-0.2, 0) is 11.3 Å². The van der Waals surface area contributed by atoms with Crippen LogP contribution in [0.2, 0.25) is 10.0 Å². The van der Waals surface area contributed by atoms with E-state index in [2.05, 4.69) is 27.2 Å². The molecule has 0 aromatic heterocycles. The van der Waals surface area contributed by atoms with Crippen molar-refractivity contribution in [3.63, 3.8) is 0 Å². The second-order valence-electron chi connectivity index (χ2n) is 6.47. The first kappa shape index (κ1) is 19.8. The van der Waals surface area contributed by atoms with Crippen LogP contribution in [0, 0.1) is 0 Å². The van der Waals surface area contributed by atoms with Crippen molar-refractivity contribution in [1.82, 2.24) is 10.2 Å². The van der Waals surface area contributed by atoms with Gasteiger partial charge in [0.2, 0.25) is 5.91 Å². The van der Waals surface area contributed by atoms with Gasteiger partial charge in [0.1, 0.15) is 5.75 Å². The molecule has 0 atom stereocenters. The Bertz CT molecular complexity index is 775. The average Bonchev–Trinajstić information content (AvgIpc) is 2.68. The number of carbonyl (C=O) groups excluding carboxylic acids is 1. The number of anilines is 1. The molecule has 1 fully saturated rings. The Morgan fingerprint density at radius 1 is 1.07 bits per heavy atom. The van der Waals surface area contributed by atoms with Crippen LogP contribution >= 0.6 is 23.2 Å². The standard InChI is InChI=1S/C20H23Cl2N3O2/c1-27-18-6-4-17(5-7-18)25-10-8-24(9-11-25)14-20(26)23-13-15-2-3-16(21)12-19(15)22/h2-7,12H,8-11,13-14H2,1H3,(H,23,26). The number of carbonyl (C=O) groups is 1. The fraction of sp³-hybridized carbons (Fsp3) is 0.350. The van der Waals surface area contributed by atoms with Crippen molar-refractivity contribution in [3.05, 3.63) is 58.1 Å². The lowest BCUT2D eigenvalue weighted by atomic mass is 10.2. The Labute approximate surface area is 169 Å². The number of halogens is 2. The number of nitrogens with zero attached hydrogens (tertiary/aromatic N) is 2. The van der Waals surface area contributed by atoms with E-state index in [1.54, 1.807) is 19.2 Å². The maximum absolute atomic E-state index is 12.2. The van der Waals surface area contributed by atoms with Crippen LogP contribution in [-0.4, -0.2) is 50.6 Å². The summed E-state index contributed by atoms with van der Waals surface area (Å²) in [6, 6.07) is 13.4. The van der Waals surface area contributed by atoms with Gasteiger partial charge >= 0.3 is 0 Å². The van der Waals surface area contributed by atoms with E-state index in [-0.39, 0.29) is 5.91 Å². The van der Waals surface area contributed by atoms with Crippen LogP contribution < -0.4 is 15.0 Å². The van der Waals surface area contributed by atoms with Gasteiger partial charge in [-0.3, -0.25) is 9.69 Å². The van der Waals surface area contributed by atoms with Gasteiger partial charge in [-0.05, 0) is 42.0 Å². The highest BCUT2D eigenvalue weighted by molar-refractivity contribution is 6.35. The largest absolute Gasteiger partial charge is 0.497 e. The van der Waals surface area contributed by atoms with Gasteiger partial charge in [-0.15, -0.1) is 0 Å². The first-order valence-corrected chi connectivity index (χ1v) is 9.63. The summed E-state index contributed by atoms with van der Waals surface area (Å²) in [5, 5.41) is 4.08. The number of rotatable bonds is 6. The predicted molar refractivity (Wildman–Crippen MR) is 110 cm³/mol. The first-order valence-electron chi connectivity index (χ1n) is 8.87. The molecule has 144 valence electrons. The zero-order valence-electron chi connectivity index (χ0n) is 15.3. The van der Waals surface area contributed by atoms with E-state index < -0.39 is 0 Å². The van der Waals surface area contributed by atoms with Crippen molar-refractivity contribution in [2.45, 2.75) is 6.54 Å². The van der Waals surface area contributed by atoms with Crippen molar-refractivity contribution in [2.24, 2.45) is 0 Å². The van der Waals surface area contributed by atoms with E-state index >= 15 is 0 Å². The Balaban J connectivity index is 1.43. The van der Waals surface area contributed by atoms with E-state index in [1.165, 1.54) is 5.69 Å². The number of hydrogen-bond donors (Lipinski definition) is 1. The van der Waals surface area contributed by atoms with Gasteiger partial charge in [0.15, 0.2) is 0 Å². The zero-order chi connectivity index (χ0) is 19.2. The Morgan fingerprint density at radius 3 is 2.41 bits per heavy atom. The molecule has 1 saturated heterocycles. The molecule has 0 unspecified atom stereocenters. The summed E-state index contributed by atoms with van der Waals surface area (Å²) in [5.41, 5.74) is 2.04. The molecule has 0 saturated carbocycles. The number of hydrogen-bond acceptors (Lipinski definition) is 4. The lowest BCUT2D eigenvalue weighted by molar-refractivity contribution is -0.122. The number of ether oxygens (including phenoxy) is 1. The van der Waals surface area contributed by atoms with E-state index in [0.29, 0.717) is 23.1 Å². The SMILES string of the molecule is COc1ccc(N2CCN(CC(=O)NCc3ccc(Cl)cc3Cl)CC2)cc1. The predicted octanol–water partition coefficient (Wildman–Crippen LogP) is 3.44. The molecule has 1 heterocycles. The van der Waals surface area contributed by atoms with Gasteiger partial charge in [0, 0.05) is 48.5 Å². The summed E-state index contributed by atoms with van der Waals surface area (Å²) in [4.78, 5) is 16.7. The molecule has 1 aliphatic rings. The van der Waals surface area contributed by atoms with Crippen molar-refractivity contribution < 1.29 is 9.53 Å². The monoisotopic (exact) mass is 407 g/mol. The van der Waals surface area contributed by atoms with Gasteiger partial charge in [-0.2, -0.15) is 0 Å². The minimum Gasteiger partial charge on any atom is -0.497 e. The topological polar surface area (TPSA) is 44.8 Å². The highest BCUT2D eigenvalue weighted by Crippen LogP contribution is 2.21. The van der Waals surface area contributed by atoms with Crippen LogP contribution in [0.5, 0.6) is 5.75 Å². The fourth-order valence-corrected chi connectivity index (χ4v) is 3.55. The number of nitrogens with one attached hydrogen (secondary N) is 1. The van der Waals surface area contributed by atoms with Crippen molar-refractivity contribution in [2.75, 3.05) is 44.7 Å². The lowest BCUT2D eigenvalue weighted by Gasteiger charge is -2.35. The average molecular weight is 408 g/mol. The third-order valence-electron chi connectivity index (χ3n) is 4.67. The summed E-state index contributed by atoms with van der Waals surface area (Å²) < 4.78 is 5.20. The molecule has 7 heteroatoms. The van der Waals surface area contributed by atoms with Gasteiger partial charge < -0.3 is 15.0 Å². The molecule has 0 radical (unpaired) electrons. The van der Waals surface area contributed by atoms with Crippen molar-refractivity contribution in [1.29, 1.82) is 0 Å². The molecule has 0 aliphatic carbocycles. The number of methoxy groups -OCH3 is 1. The lowest BCUT2D eigenvalue weighted by Crippen LogP contribution is -2.49. The second-order valence-corrected chi connectivity index (χ2v) is 7.32. The van der Waals surface area contributed by atoms with Crippen LogP contribution in [0.1, 0.15) is 5.56 Å². The minimum atomic E-state index is -0.00101. The highest BCUT2D eigenvalue weighted by Gasteiger charge is 2.19. The van der Waals surface area contributed by atoms with Crippen molar-refractivity contribution in [3.8, 4) is 5.75 Å². The summed E-state index contributed by atoms with van der Waals surface area (Å²) in [6.07, 6.45) is 0. The molecular weight excluding hydrogens is 385 g/mol. The number of amides is 1. The van der Waals surface area contributed by atoms with E-state index in [4.69, 9.17) is 27.9 Å². The molecule has 27 heavy (non-hydrogen) atoms. The Kier molecular flexibility index (Phi) is 6.83. The molecule has 0 spiro atoms. The molecule has 5 nitrogen and oxygen atoms in total. The molecule has 2 aromatic rings. The van der Waals surface area contributed by atoms with Crippen LogP contribution in [0.4, 0.5) is 5.69 Å². The quantitative estimate of drug-likeness (QED) is 0.796. The number of benzene rings is 2. The molecular formula is C20H23Cl2N3O2. The number of piperazine rings is 1. The minimum absolute atomic E-state index is 0.00101. The normalized spacial score (nSPS) is 14.9. The molecule has 3 rings (SSSR count). The third-order valence-corrected chi connectivity index (χ3v) is 5.26. The van der Waals surface area contributed by atoms with E-state index in [1.807, 2.05) is 18.2 Å². The summed E-state index contributed by atoms with van der Waals surface area (Å²) >= 11 is 12.0. The van der Waals surface area contributed by atoms with Crippen LogP contribution in [0.15, 0.2) is 42.5 Å². The molecule has 1 aliphatic heterocycles. The van der Waals surface area contributed by atoms with E-state index in [0.717, 1.165) is 37.5 Å². The fourth-order valence-electron chi connectivity index (χ4n) is 3.08. The Hall–Kier alpha value is -1.95. The maximum Gasteiger partial charge on any atom is 0.234 e. The summed E-state index contributed by atoms with van der Waals surface area (Å²) in [5.74, 6) is 0.855. The zero-order valence-corrected chi connectivity index (χ0v) is 16.8. The smallest absolute Gasteiger partial charge is 0.234 e. The summed E-state index contributed by atoms with van der Waals surface area (Å²) in [7, 11) is 1.67. The van der Waals surface area contributed by atoms with E-state index in [9.17, 15) is 4.79 Å². The molecule has 2 aromatic carbocycles. The van der Waals surface area contributed by atoms with Gasteiger partial charge in [-0.25, -0.2) is 0 Å². The van der Waals surface area contributed by atoms with Crippen molar-refractivity contribution >= 4 is 34.8 Å². The van der Waals surface area contributed by atoms with Crippen LogP contribution in [0.25, 0.3) is 0 Å². The maximum atomic E-state index is 12.2. The summed E-state index contributed by atoms with van der Waals surface area (Å²) in [6.45, 7) is 4.27. The van der Waals surface area contributed by atoms with Gasteiger partial charge in [0.25, 0.3) is 0 Å². The molecule has 0 bridgehead atoms.